The van der Waals surface area contributed by atoms with Gasteiger partial charge in [-0.3, -0.25) is 14.5 Å². The Kier molecular flexibility index (Phi) is 3.00. The van der Waals surface area contributed by atoms with Crippen molar-refractivity contribution >= 4 is 17.8 Å². The van der Waals surface area contributed by atoms with Crippen LogP contribution in [0.2, 0.25) is 0 Å². The Balaban J connectivity index is 2.40. The summed E-state index contributed by atoms with van der Waals surface area (Å²) in [5, 5.41) is 9.52. The molecule has 0 radical (unpaired) electrons. The molecule has 5 nitrogen and oxygen atoms in total. The quantitative estimate of drug-likeness (QED) is 0.751. The molecule has 1 aliphatic carbocycles. The number of carboxylic acids is 1. The molecular weight excluding hydrogens is 234 g/mol. The number of rotatable bonds is 2. The second-order valence-corrected chi connectivity index (χ2v) is 5.34. The molecule has 2 amide bonds. The van der Waals surface area contributed by atoms with E-state index in [1.165, 1.54) is 6.08 Å². The van der Waals surface area contributed by atoms with Crippen LogP contribution < -0.4 is 0 Å². The highest BCUT2D eigenvalue weighted by molar-refractivity contribution is 6.18. The molecule has 1 aliphatic heterocycles. The molecule has 2 atom stereocenters. The lowest BCUT2D eigenvalue weighted by Gasteiger charge is -2.41. The maximum Gasteiger partial charge on any atom is 0.330 e. The van der Waals surface area contributed by atoms with Crippen molar-refractivity contribution in [3.05, 3.63) is 11.6 Å². The molecule has 0 saturated heterocycles. The second kappa shape index (κ2) is 4.23. The molecule has 0 aromatic heterocycles. The predicted molar refractivity (Wildman–Crippen MR) is 63.6 cm³/mol. The van der Waals surface area contributed by atoms with E-state index in [0.717, 1.165) is 17.7 Å². The van der Waals surface area contributed by atoms with Crippen LogP contribution in [0.25, 0.3) is 0 Å². The van der Waals surface area contributed by atoms with Crippen molar-refractivity contribution in [2.24, 2.45) is 5.92 Å². The third-order valence-corrected chi connectivity index (χ3v) is 3.90. The van der Waals surface area contributed by atoms with Crippen molar-refractivity contribution in [2.45, 2.75) is 45.1 Å². The zero-order chi connectivity index (χ0) is 13.5. The molecule has 1 saturated carbocycles. The minimum atomic E-state index is -1.35. The number of aliphatic carboxylic acids is 1. The lowest BCUT2D eigenvalue weighted by Crippen LogP contribution is -2.59. The van der Waals surface area contributed by atoms with Gasteiger partial charge in [-0.05, 0) is 25.7 Å². The largest absolute Gasteiger partial charge is 0.479 e. The van der Waals surface area contributed by atoms with Crippen molar-refractivity contribution in [1.82, 2.24) is 4.90 Å². The molecular formula is C13H17NO4. The fourth-order valence-corrected chi connectivity index (χ4v) is 3.01. The Bertz CT molecular complexity index is 454. The van der Waals surface area contributed by atoms with Crippen LogP contribution in [0.1, 0.15) is 39.5 Å². The molecule has 1 fully saturated rings. The van der Waals surface area contributed by atoms with Gasteiger partial charge in [0.25, 0.3) is 11.8 Å². The van der Waals surface area contributed by atoms with Crippen LogP contribution in [0.15, 0.2) is 11.6 Å². The highest BCUT2D eigenvalue weighted by Gasteiger charge is 2.53. The van der Waals surface area contributed by atoms with E-state index in [9.17, 15) is 19.5 Å². The minimum absolute atomic E-state index is 0.205. The van der Waals surface area contributed by atoms with Gasteiger partial charge >= 0.3 is 5.97 Å². The molecule has 5 heteroatoms. The first kappa shape index (κ1) is 12.8. The number of hydrogen-bond acceptors (Lipinski definition) is 3. The van der Waals surface area contributed by atoms with Gasteiger partial charge in [-0.1, -0.05) is 19.8 Å². The van der Waals surface area contributed by atoms with Crippen LogP contribution in [0.3, 0.4) is 0 Å². The van der Waals surface area contributed by atoms with Crippen LogP contribution in [0.4, 0.5) is 0 Å². The Morgan fingerprint density at radius 1 is 1.50 bits per heavy atom. The van der Waals surface area contributed by atoms with Gasteiger partial charge in [0.05, 0.1) is 0 Å². The van der Waals surface area contributed by atoms with Crippen LogP contribution in [0, 0.1) is 5.92 Å². The van der Waals surface area contributed by atoms with E-state index in [2.05, 4.69) is 0 Å². The Morgan fingerprint density at radius 2 is 2.17 bits per heavy atom. The zero-order valence-corrected chi connectivity index (χ0v) is 10.6. The summed E-state index contributed by atoms with van der Waals surface area (Å²) in [5.41, 5.74) is -1.03. The van der Waals surface area contributed by atoms with Gasteiger partial charge in [-0.2, -0.15) is 0 Å². The summed E-state index contributed by atoms with van der Waals surface area (Å²) in [7, 11) is 0. The number of carboxylic acid groups (broad SMARTS) is 1. The molecule has 0 aromatic rings. The first-order valence-electron chi connectivity index (χ1n) is 6.19. The zero-order valence-electron chi connectivity index (χ0n) is 10.6. The van der Waals surface area contributed by atoms with Gasteiger partial charge in [0.1, 0.15) is 5.54 Å². The summed E-state index contributed by atoms with van der Waals surface area (Å²) in [6.45, 7) is 3.50. The molecule has 2 rings (SSSR count). The Hall–Kier alpha value is -1.65. The van der Waals surface area contributed by atoms with Gasteiger partial charge in [0, 0.05) is 11.6 Å². The number of hydrogen-bond donors (Lipinski definition) is 1. The third kappa shape index (κ3) is 1.74. The van der Waals surface area contributed by atoms with E-state index in [-0.39, 0.29) is 5.92 Å². The van der Waals surface area contributed by atoms with Gasteiger partial charge < -0.3 is 5.11 Å². The fourth-order valence-electron chi connectivity index (χ4n) is 3.01. The number of carbonyl (C=O) groups excluding carboxylic acids is 2. The monoisotopic (exact) mass is 251 g/mol. The summed E-state index contributed by atoms with van der Waals surface area (Å²) >= 11 is 0. The van der Waals surface area contributed by atoms with Gasteiger partial charge in [-0.15, -0.1) is 0 Å². The maximum atomic E-state index is 12.0. The Morgan fingerprint density at radius 3 is 2.61 bits per heavy atom. The normalized spacial score (nSPS) is 32.7. The number of nitrogens with zero attached hydrogens (tertiary/aromatic N) is 1. The fraction of sp³-hybridized carbons (Fsp3) is 0.615. The molecule has 1 heterocycles. The molecule has 1 N–H and O–H groups in total. The lowest BCUT2D eigenvalue weighted by atomic mass is 9.75. The average Bonchev–Trinajstić information content (AvgIpc) is 2.53. The van der Waals surface area contributed by atoms with Crippen LogP contribution in [0.5, 0.6) is 0 Å². The molecule has 2 aliphatic rings. The molecule has 18 heavy (non-hydrogen) atoms. The highest BCUT2D eigenvalue weighted by atomic mass is 16.4. The first-order valence-corrected chi connectivity index (χ1v) is 6.19. The van der Waals surface area contributed by atoms with Crippen LogP contribution in [-0.2, 0) is 14.4 Å². The summed E-state index contributed by atoms with van der Waals surface area (Å²) in [6.07, 6.45) is 3.60. The summed E-state index contributed by atoms with van der Waals surface area (Å²) in [5.74, 6) is -1.82. The van der Waals surface area contributed by atoms with Crippen molar-refractivity contribution in [3.63, 3.8) is 0 Å². The van der Waals surface area contributed by atoms with E-state index < -0.39 is 23.3 Å². The highest BCUT2D eigenvalue weighted by Crippen LogP contribution is 2.39. The maximum absolute atomic E-state index is 12.0. The smallest absolute Gasteiger partial charge is 0.330 e. The van der Waals surface area contributed by atoms with Crippen molar-refractivity contribution < 1.29 is 19.5 Å². The Labute approximate surface area is 105 Å². The number of amides is 2. The van der Waals surface area contributed by atoms with Crippen molar-refractivity contribution in [2.75, 3.05) is 0 Å². The summed E-state index contributed by atoms with van der Waals surface area (Å²) < 4.78 is 0. The molecule has 0 spiro atoms. The van der Waals surface area contributed by atoms with Gasteiger partial charge in [0.15, 0.2) is 0 Å². The molecule has 0 aromatic carbocycles. The number of carbonyl (C=O) groups is 3. The van der Waals surface area contributed by atoms with Gasteiger partial charge in [0.2, 0.25) is 0 Å². The van der Waals surface area contributed by atoms with E-state index in [1.807, 2.05) is 6.92 Å². The van der Waals surface area contributed by atoms with Gasteiger partial charge in [-0.25, -0.2) is 4.79 Å². The lowest BCUT2D eigenvalue weighted by molar-refractivity contribution is -0.165. The van der Waals surface area contributed by atoms with E-state index in [1.54, 1.807) is 6.92 Å². The van der Waals surface area contributed by atoms with Crippen molar-refractivity contribution in [3.8, 4) is 0 Å². The van der Waals surface area contributed by atoms with E-state index in [4.69, 9.17) is 0 Å². The van der Waals surface area contributed by atoms with Crippen LogP contribution in [-0.4, -0.2) is 33.3 Å². The predicted octanol–water partition coefficient (Wildman–Crippen LogP) is 1.33. The van der Waals surface area contributed by atoms with Crippen molar-refractivity contribution in [1.29, 1.82) is 0 Å². The summed E-state index contributed by atoms with van der Waals surface area (Å²) in [4.78, 5) is 36.5. The average molecular weight is 251 g/mol. The topological polar surface area (TPSA) is 74.7 Å². The van der Waals surface area contributed by atoms with E-state index in [0.29, 0.717) is 18.4 Å². The van der Waals surface area contributed by atoms with Crippen LogP contribution >= 0.6 is 0 Å². The first-order chi connectivity index (χ1) is 8.38. The second-order valence-electron chi connectivity index (χ2n) is 5.34. The minimum Gasteiger partial charge on any atom is -0.479 e. The standard InChI is InChI=1S/C13H17NO4/c1-8-4-3-5-13(7-8,12(17)18)14-10(15)6-9(2)11(14)16/h6,8H,3-5,7H2,1-2H3,(H,17,18). The molecule has 2 unspecified atom stereocenters. The number of imide groups is 1. The molecule has 0 bridgehead atoms. The third-order valence-electron chi connectivity index (χ3n) is 3.90. The molecule has 98 valence electrons. The SMILES string of the molecule is CC1=CC(=O)N(C2(C(=O)O)CCCC(C)C2)C1=O. The van der Waals surface area contributed by atoms with E-state index >= 15 is 0 Å². The summed E-state index contributed by atoms with van der Waals surface area (Å²) in [6, 6.07) is 0.